The van der Waals surface area contributed by atoms with E-state index in [4.69, 9.17) is 0 Å². The molecule has 2 aliphatic rings. The van der Waals surface area contributed by atoms with Crippen molar-refractivity contribution in [2.24, 2.45) is 11.3 Å². The predicted octanol–water partition coefficient (Wildman–Crippen LogP) is 2.60. The lowest BCUT2D eigenvalue weighted by molar-refractivity contribution is -0.117. The molecular weight excluding hydrogens is 346 g/mol. The van der Waals surface area contributed by atoms with Crippen molar-refractivity contribution in [2.45, 2.75) is 45.9 Å². The van der Waals surface area contributed by atoms with Gasteiger partial charge in [0.05, 0.1) is 17.2 Å². The highest BCUT2D eigenvalue weighted by molar-refractivity contribution is 7.81. The van der Waals surface area contributed by atoms with E-state index in [2.05, 4.69) is 29.3 Å². The molecule has 2 rings (SSSR count). The second-order valence-electron chi connectivity index (χ2n) is 7.31. The van der Waals surface area contributed by atoms with Crippen LogP contribution in [0.3, 0.4) is 0 Å². The number of allylic oxidation sites excluding steroid dienone is 4. The standard InChI is InChI=1S/C20H27N3O2S/c1-13-7-8-16(10-17(13)23-18(24)11-26)22-19(25)14-5-4-6-15(9-14)20(2,3)12-21/h4-7,10,14,16,19,22,25-26H,8-9,11H2,1-3H3,(H,23,24). The first-order valence-electron chi connectivity index (χ1n) is 8.79. The predicted molar refractivity (Wildman–Crippen MR) is 106 cm³/mol. The average Bonchev–Trinajstić information content (AvgIpc) is 2.64. The van der Waals surface area contributed by atoms with Gasteiger partial charge in [-0.15, -0.1) is 0 Å². The van der Waals surface area contributed by atoms with Gasteiger partial charge < -0.3 is 10.4 Å². The lowest BCUT2D eigenvalue weighted by Gasteiger charge is -2.31. The van der Waals surface area contributed by atoms with E-state index in [0.717, 1.165) is 23.3 Å². The quantitative estimate of drug-likeness (QED) is 0.426. The summed E-state index contributed by atoms with van der Waals surface area (Å²) in [4.78, 5) is 11.6. The van der Waals surface area contributed by atoms with Crippen LogP contribution in [0, 0.1) is 22.7 Å². The maximum atomic E-state index is 11.6. The summed E-state index contributed by atoms with van der Waals surface area (Å²) in [6, 6.07) is 2.24. The number of carbonyl (C=O) groups excluding carboxylic acids is 1. The molecule has 0 spiro atoms. The second-order valence-corrected chi connectivity index (χ2v) is 7.63. The van der Waals surface area contributed by atoms with E-state index in [9.17, 15) is 15.2 Å². The number of rotatable bonds is 6. The minimum atomic E-state index is -0.737. The van der Waals surface area contributed by atoms with Crippen molar-refractivity contribution in [3.8, 4) is 6.07 Å². The summed E-state index contributed by atoms with van der Waals surface area (Å²) in [5, 5.41) is 26.0. The Morgan fingerprint density at radius 2 is 2.27 bits per heavy atom. The first kappa shape index (κ1) is 20.5. The van der Waals surface area contributed by atoms with Crippen LogP contribution in [0.5, 0.6) is 0 Å². The topological polar surface area (TPSA) is 85.2 Å². The van der Waals surface area contributed by atoms with E-state index in [0.29, 0.717) is 6.42 Å². The Bertz CT molecular complexity index is 713. The van der Waals surface area contributed by atoms with Crippen molar-refractivity contribution in [2.75, 3.05) is 5.75 Å². The minimum Gasteiger partial charge on any atom is -0.378 e. The molecule has 0 radical (unpaired) electrons. The number of aliphatic hydroxyl groups excluding tert-OH is 1. The van der Waals surface area contributed by atoms with Crippen molar-refractivity contribution >= 4 is 18.5 Å². The Kier molecular flexibility index (Phi) is 6.87. The molecule has 0 heterocycles. The Hall–Kier alpha value is -1.81. The summed E-state index contributed by atoms with van der Waals surface area (Å²) < 4.78 is 0. The Morgan fingerprint density at radius 3 is 2.92 bits per heavy atom. The van der Waals surface area contributed by atoms with Crippen LogP contribution in [0.15, 0.2) is 47.2 Å². The van der Waals surface area contributed by atoms with Gasteiger partial charge in [0.15, 0.2) is 0 Å². The zero-order valence-corrected chi connectivity index (χ0v) is 16.4. The molecule has 0 saturated heterocycles. The summed E-state index contributed by atoms with van der Waals surface area (Å²) >= 11 is 3.98. The average molecular weight is 374 g/mol. The summed E-state index contributed by atoms with van der Waals surface area (Å²) in [6.07, 6.45) is 10.5. The van der Waals surface area contributed by atoms with Crippen LogP contribution >= 0.6 is 12.6 Å². The smallest absolute Gasteiger partial charge is 0.234 e. The van der Waals surface area contributed by atoms with Crippen LogP contribution in [0.25, 0.3) is 0 Å². The summed E-state index contributed by atoms with van der Waals surface area (Å²) in [5.74, 6) is -0.127. The van der Waals surface area contributed by atoms with Crippen LogP contribution in [0.2, 0.25) is 0 Å². The van der Waals surface area contributed by atoms with Gasteiger partial charge in [0.25, 0.3) is 0 Å². The van der Waals surface area contributed by atoms with E-state index in [1.54, 1.807) is 0 Å². The number of hydrogen-bond acceptors (Lipinski definition) is 5. The van der Waals surface area contributed by atoms with E-state index in [1.807, 2.05) is 51.2 Å². The van der Waals surface area contributed by atoms with Crippen LogP contribution in [0.1, 0.15) is 33.6 Å². The highest BCUT2D eigenvalue weighted by atomic mass is 32.1. The molecule has 0 aromatic heterocycles. The van der Waals surface area contributed by atoms with Gasteiger partial charge in [-0.3, -0.25) is 10.1 Å². The van der Waals surface area contributed by atoms with Gasteiger partial charge in [-0.05, 0) is 50.8 Å². The van der Waals surface area contributed by atoms with Crippen LogP contribution in [-0.4, -0.2) is 29.0 Å². The Labute approximate surface area is 161 Å². The van der Waals surface area contributed by atoms with Gasteiger partial charge >= 0.3 is 0 Å². The number of thiol groups is 1. The van der Waals surface area contributed by atoms with Gasteiger partial charge in [-0.1, -0.05) is 24.3 Å². The Morgan fingerprint density at radius 1 is 1.54 bits per heavy atom. The largest absolute Gasteiger partial charge is 0.378 e. The molecule has 0 aliphatic heterocycles. The Balaban J connectivity index is 2.01. The zero-order chi connectivity index (χ0) is 19.3. The zero-order valence-electron chi connectivity index (χ0n) is 15.5. The number of nitrogens with one attached hydrogen (secondary N) is 2. The fourth-order valence-corrected chi connectivity index (χ4v) is 3.14. The number of amides is 1. The van der Waals surface area contributed by atoms with E-state index >= 15 is 0 Å². The molecule has 0 aromatic rings. The second kappa shape index (κ2) is 8.72. The van der Waals surface area contributed by atoms with Gasteiger partial charge in [0.2, 0.25) is 5.91 Å². The molecule has 3 unspecified atom stereocenters. The molecule has 0 saturated carbocycles. The maximum absolute atomic E-state index is 11.6. The monoisotopic (exact) mass is 373 g/mol. The van der Waals surface area contributed by atoms with Crippen molar-refractivity contribution in [1.82, 2.24) is 10.6 Å². The molecule has 2 aliphatic carbocycles. The van der Waals surface area contributed by atoms with Crippen LogP contribution in [0.4, 0.5) is 0 Å². The minimum absolute atomic E-state index is 0.0735. The number of nitriles is 1. The molecule has 0 aromatic carbocycles. The SMILES string of the molecule is CC1=CCC(NC(O)C2C=CC=C(C(C)(C)C#N)C2)C=C1NC(=O)CS. The third-order valence-corrected chi connectivity index (χ3v) is 5.16. The molecule has 0 bridgehead atoms. The first-order valence-corrected chi connectivity index (χ1v) is 9.43. The fraction of sp³-hybridized carbons (Fsp3) is 0.500. The molecule has 3 N–H and O–H groups in total. The van der Waals surface area contributed by atoms with Crippen molar-refractivity contribution < 1.29 is 9.90 Å². The third kappa shape index (κ3) is 5.10. The van der Waals surface area contributed by atoms with E-state index in [-0.39, 0.29) is 23.6 Å². The molecule has 5 nitrogen and oxygen atoms in total. The maximum Gasteiger partial charge on any atom is 0.234 e. The lowest BCUT2D eigenvalue weighted by Crippen LogP contribution is -2.43. The van der Waals surface area contributed by atoms with Gasteiger partial charge in [-0.25, -0.2) is 0 Å². The molecular formula is C20H27N3O2S. The third-order valence-electron chi connectivity index (χ3n) is 4.87. The summed E-state index contributed by atoms with van der Waals surface area (Å²) in [7, 11) is 0. The van der Waals surface area contributed by atoms with Crippen LogP contribution in [-0.2, 0) is 4.79 Å². The van der Waals surface area contributed by atoms with Crippen LogP contribution < -0.4 is 10.6 Å². The van der Waals surface area contributed by atoms with E-state index < -0.39 is 11.6 Å². The molecule has 6 heteroatoms. The normalized spacial score (nSPS) is 24.1. The number of carbonyl (C=O) groups is 1. The number of hydrogen-bond donors (Lipinski definition) is 4. The van der Waals surface area contributed by atoms with Crippen molar-refractivity contribution in [3.63, 3.8) is 0 Å². The van der Waals surface area contributed by atoms with Gasteiger partial charge in [0.1, 0.15) is 6.23 Å². The molecule has 140 valence electrons. The van der Waals surface area contributed by atoms with Gasteiger partial charge in [0, 0.05) is 17.7 Å². The van der Waals surface area contributed by atoms with Gasteiger partial charge in [-0.2, -0.15) is 17.9 Å². The molecule has 1 amide bonds. The molecule has 26 heavy (non-hydrogen) atoms. The van der Waals surface area contributed by atoms with Crippen molar-refractivity contribution in [1.29, 1.82) is 5.26 Å². The highest BCUT2D eigenvalue weighted by Crippen LogP contribution is 2.34. The summed E-state index contributed by atoms with van der Waals surface area (Å²) in [5.41, 5.74) is 2.24. The first-order chi connectivity index (χ1) is 12.3. The molecule has 3 atom stereocenters. The number of nitrogens with zero attached hydrogens (tertiary/aromatic N) is 1. The van der Waals surface area contributed by atoms with E-state index in [1.165, 1.54) is 0 Å². The summed E-state index contributed by atoms with van der Waals surface area (Å²) in [6.45, 7) is 5.73. The highest BCUT2D eigenvalue weighted by Gasteiger charge is 2.29. The number of aliphatic hydroxyl groups is 1. The van der Waals surface area contributed by atoms with Crippen molar-refractivity contribution in [3.05, 3.63) is 47.2 Å². The lowest BCUT2D eigenvalue weighted by atomic mass is 9.78. The molecule has 0 fully saturated rings. The fourth-order valence-electron chi connectivity index (χ4n) is 3.06.